The fraction of sp³-hybridized carbons (Fsp3) is 0.333. The quantitative estimate of drug-likeness (QED) is 0.416. The van der Waals surface area contributed by atoms with Gasteiger partial charge in [0.2, 0.25) is 0 Å². The normalized spacial score (nSPS) is 17.1. The van der Waals surface area contributed by atoms with Gasteiger partial charge in [-0.2, -0.15) is 0 Å². The van der Waals surface area contributed by atoms with Gasteiger partial charge in [-0.05, 0) is 73.2 Å². The molecule has 3 aromatic carbocycles. The molecule has 4 rings (SSSR count). The van der Waals surface area contributed by atoms with Crippen molar-refractivity contribution >= 4 is 11.6 Å². The smallest absolute Gasteiger partial charge is 0.138 e. The van der Waals surface area contributed by atoms with Gasteiger partial charge in [0.05, 0.1) is 5.02 Å². The summed E-state index contributed by atoms with van der Waals surface area (Å²) in [6, 6.07) is 23.7. The van der Waals surface area contributed by atoms with E-state index in [1.165, 1.54) is 53.6 Å². The molecule has 1 aliphatic rings. The fourth-order valence-corrected chi connectivity index (χ4v) is 4.57. The summed E-state index contributed by atoms with van der Waals surface area (Å²) < 4.78 is 6.12. The van der Waals surface area contributed by atoms with Crippen LogP contribution in [0.25, 0.3) is 11.1 Å². The van der Waals surface area contributed by atoms with Gasteiger partial charge in [0.25, 0.3) is 0 Å². The summed E-state index contributed by atoms with van der Waals surface area (Å²) in [5, 5.41) is 0.689. The number of piperidine rings is 1. The van der Waals surface area contributed by atoms with Crippen LogP contribution in [0.4, 0.5) is 0 Å². The molecule has 0 spiro atoms. The molecule has 0 amide bonds. The maximum atomic E-state index is 6.57. The first-order chi connectivity index (χ1) is 14.6. The number of likely N-dealkylation sites (tertiary alicyclic amines) is 1. The van der Waals surface area contributed by atoms with Crippen LogP contribution >= 0.6 is 11.6 Å². The first kappa shape index (κ1) is 21.0. The van der Waals surface area contributed by atoms with Crippen LogP contribution in [0, 0.1) is 6.92 Å². The molecule has 156 valence electrons. The summed E-state index contributed by atoms with van der Waals surface area (Å²) in [7, 11) is 0. The fourth-order valence-electron chi connectivity index (χ4n) is 4.31. The summed E-state index contributed by atoms with van der Waals surface area (Å²) in [5.74, 6) is 0.747. The van der Waals surface area contributed by atoms with Gasteiger partial charge in [-0.3, -0.25) is 4.90 Å². The highest BCUT2D eigenvalue weighted by Crippen LogP contribution is 2.30. The van der Waals surface area contributed by atoms with Crippen molar-refractivity contribution < 1.29 is 4.74 Å². The standard InChI is InChI=1S/C27H30ClNO/c1-20-9-6-7-16-29(20)18-22-14-15-27(26(28)17-22)30-19-24-12-8-13-25(21(24)2)23-10-4-3-5-11-23/h3-5,8,10-15,17,20H,6-7,9,16,18-19H2,1-2H3/t20-/m1/s1. The van der Waals surface area contributed by atoms with Crippen molar-refractivity contribution in [2.45, 2.75) is 52.3 Å². The second-order valence-corrected chi connectivity index (χ2v) is 8.73. The summed E-state index contributed by atoms with van der Waals surface area (Å²) >= 11 is 6.57. The molecule has 0 bridgehead atoms. The van der Waals surface area contributed by atoms with Gasteiger partial charge in [-0.25, -0.2) is 0 Å². The number of ether oxygens (including phenoxy) is 1. The highest BCUT2D eigenvalue weighted by atomic mass is 35.5. The van der Waals surface area contributed by atoms with Crippen LogP contribution in [0.1, 0.15) is 42.9 Å². The Morgan fingerprint density at radius 2 is 1.83 bits per heavy atom. The molecule has 0 aliphatic carbocycles. The van der Waals surface area contributed by atoms with Gasteiger partial charge in [0.1, 0.15) is 12.4 Å². The van der Waals surface area contributed by atoms with E-state index < -0.39 is 0 Å². The summed E-state index contributed by atoms with van der Waals surface area (Å²) in [4.78, 5) is 2.55. The van der Waals surface area contributed by atoms with Crippen molar-refractivity contribution in [2.24, 2.45) is 0 Å². The van der Waals surface area contributed by atoms with Gasteiger partial charge < -0.3 is 4.74 Å². The summed E-state index contributed by atoms with van der Waals surface area (Å²) in [6.45, 7) is 7.12. The summed E-state index contributed by atoms with van der Waals surface area (Å²) in [5.41, 5.74) is 6.15. The Hall–Kier alpha value is -2.29. The molecule has 0 aromatic heterocycles. The van der Waals surface area contributed by atoms with Crippen LogP contribution in [0.5, 0.6) is 5.75 Å². The largest absolute Gasteiger partial charge is 0.487 e. The van der Waals surface area contributed by atoms with Crippen LogP contribution in [0.2, 0.25) is 5.02 Å². The topological polar surface area (TPSA) is 12.5 Å². The van der Waals surface area contributed by atoms with E-state index in [9.17, 15) is 0 Å². The SMILES string of the molecule is Cc1c(COc2ccc(CN3CCCC[C@H]3C)cc2Cl)cccc1-c1ccccc1. The van der Waals surface area contributed by atoms with E-state index in [2.05, 4.69) is 73.3 Å². The number of halogens is 1. The first-order valence-electron chi connectivity index (χ1n) is 10.9. The number of benzene rings is 3. The highest BCUT2D eigenvalue weighted by Gasteiger charge is 2.18. The third kappa shape index (κ3) is 4.88. The van der Waals surface area contributed by atoms with Gasteiger partial charge >= 0.3 is 0 Å². The molecule has 1 fully saturated rings. The van der Waals surface area contributed by atoms with Crippen LogP contribution in [-0.2, 0) is 13.2 Å². The van der Waals surface area contributed by atoms with E-state index in [0.717, 1.165) is 12.3 Å². The molecule has 3 aromatic rings. The molecule has 0 N–H and O–H groups in total. The Morgan fingerprint density at radius 3 is 2.60 bits per heavy atom. The lowest BCUT2D eigenvalue weighted by Crippen LogP contribution is -2.36. The van der Waals surface area contributed by atoms with Gasteiger partial charge in [0, 0.05) is 12.6 Å². The van der Waals surface area contributed by atoms with Gasteiger partial charge in [-0.1, -0.05) is 72.6 Å². The predicted octanol–water partition coefficient (Wildman–Crippen LogP) is 7.27. The van der Waals surface area contributed by atoms with E-state index in [1.807, 2.05) is 12.1 Å². The molecular formula is C27H30ClNO. The molecular weight excluding hydrogens is 390 g/mol. The molecule has 1 aliphatic heterocycles. The first-order valence-corrected chi connectivity index (χ1v) is 11.3. The number of hydrogen-bond donors (Lipinski definition) is 0. The summed E-state index contributed by atoms with van der Waals surface area (Å²) in [6.07, 6.45) is 3.92. The van der Waals surface area contributed by atoms with Crippen molar-refractivity contribution in [3.05, 3.63) is 88.4 Å². The zero-order valence-electron chi connectivity index (χ0n) is 17.9. The van der Waals surface area contributed by atoms with E-state index in [0.29, 0.717) is 17.7 Å². The molecule has 0 unspecified atom stereocenters. The Morgan fingerprint density at radius 1 is 1.00 bits per heavy atom. The molecule has 3 heteroatoms. The molecule has 0 radical (unpaired) electrons. The Labute approximate surface area is 185 Å². The van der Waals surface area contributed by atoms with E-state index in [-0.39, 0.29) is 0 Å². The molecule has 0 saturated carbocycles. The average Bonchev–Trinajstić information content (AvgIpc) is 2.76. The molecule has 30 heavy (non-hydrogen) atoms. The number of hydrogen-bond acceptors (Lipinski definition) is 2. The molecule has 1 saturated heterocycles. The lowest BCUT2D eigenvalue weighted by atomic mass is 9.97. The van der Waals surface area contributed by atoms with Crippen LogP contribution < -0.4 is 4.74 Å². The van der Waals surface area contributed by atoms with Crippen LogP contribution in [0.3, 0.4) is 0 Å². The lowest BCUT2D eigenvalue weighted by Gasteiger charge is -2.33. The Bertz CT molecular complexity index is 985. The highest BCUT2D eigenvalue weighted by molar-refractivity contribution is 6.32. The third-order valence-corrected chi connectivity index (χ3v) is 6.53. The minimum atomic E-state index is 0.509. The Kier molecular flexibility index (Phi) is 6.76. The molecule has 1 heterocycles. The third-order valence-electron chi connectivity index (χ3n) is 6.24. The van der Waals surface area contributed by atoms with Crippen LogP contribution in [0.15, 0.2) is 66.7 Å². The Balaban J connectivity index is 1.44. The maximum absolute atomic E-state index is 6.57. The van der Waals surface area contributed by atoms with Crippen LogP contribution in [-0.4, -0.2) is 17.5 Å². The molecule has 2 nitrogen and oxygen atoms in total. The minimum Gasteiger partial charge on any atom is -0.487 e. The van der Waals surface area contributed by atoms with Crippen molar-refractivity contribution in [3.63, 3.8) is 0 Å². The molecule has 1 atom stereocenters. The number of nitrogens with zero attached hydrogens (tertiary/aromatic N) is 1. The predicted molar refractivity (Wildman–Crippen MR) is 126 cm³/mol. The monoisotopic (exact) mass is 419 g/mol. The van der Waals surface area contributed by atoms with Crippen molar-refractivity contribution in [1.29, 1.82) is 0 Å². The zero-order chi connectivity index (χ0) is 20.9. The van der Waals surface area contributed by atoms with E-state index in [1.54, 1.807) is 0 Å². The van der Waals surface area contributed by atoms with Gasteiger partial charge in [-0.15, -0.1) is 0 Å². The average molecular weight is 420 g/mol. The van der Waals surface area contributed by atoms with Crippen molar-refractivity contribution in [3.8, 4) is 16.9 Å². The van der Waals surface area contributed by atoms with E-state index >= 15 is 0 Å². The zero-order valence-corrected chi connectivity index (χ0v) is 18.7. The lowest BCUT2D eigenvalue weighted by molar-refractivity contribution is 0.152. The maximum Gasteiger partial charge on any atom is 0.138 e. The van der Waals surface area contributed by atoms with Crippen molar-refractivity contribution in [1.82, 2.24) is 4.90 Å². The second kappa shape index (κ2) is 9.68. The van der Waals surface area contributed by atoms with Crippen molar-refractivity contribution in [2.75, 3.05) is 6.54 Å². The number of rotatable bonds is 6. The minimum absolute atomic E-state index is 0.509. The van der Waals surface area contributed by atoms with Gasteiger partial charge in [0.15, 0.2) is 0 Å². The second-order valence-electron chi connectivity index (χ2n) is 8.32. The van der Waals surface area contributed by atoms with E-state index in [4.69, 9.17) is 16.3 Å².